The lowest BCUT2D eigenvalue weighted by Crippen LogP contribution is -2.58. The van der Waals surface area contributed by atoms with Crippen molar-refractivity contribution in [3.8, 4) is 79.4 Å². The molecule has 6 N–H and O–H groups in total. The van der Waals surface area contributed by atoms with E-state index in [-0.39, 0.29) is 86.7 Å². The fourth-order valence-electron chi connectivity index (χ4n) is 17.3. The number of pyridine rings is 3. The first-order chi connectivity index (χ1) is 66.8. The Morgan fingerprint density at radius 2 is 0.653 bits per heavy atom. The predicted octanol–water partition coefficient (Wildman–Crippen LogP) is 23.1. The molecule has 0 unspecified atom stereocenters. The van der Waals surface area contributed by atoms with Crippen molar-refractivity contribution in [2.24, 2.45) is 0 Å². The van der Waals surface area contributed by atoms with E-state index in [4.69, 9.17) is 113 Å². The molecule has 144 heavy (non-hydrogen) atoms. The second kappa shape index (κ2) is 51.2. The fourth-order valence-corrected chi connectivity index (χ4v) is 19.4. The number of carboxylic acids is 1. The van der Waals surface area contributed by atoms with Gasteiger partial charge in [-0.2, -0.15) is 0 Å². The Morgan fingerprint density at radius 1 is 0.354 bits per heavy atom. The van der Waals surface area contributed by atoms with Crippen LogP contribution >= 0.6 is 69.6 Å². The van der Waals surface area contributed by atoms with Crippen LogP contribution in [0, 0.1) is 0 Å². The number of methoxy groups -OCH3 is 8. The Kier molecular flexibility index (Phi) is 40.9. The van der Waals surface area contributed by atoms with Gasteiger partial charge in [-0.1, -0.05) is 167 Å². The highest BCUT2D eigenvalue weighted by Gasteiger charge is 2.37. The number of nitrogen functional groups attached to an aromatic ring is 1. The third kappa shape index (κ3) is 26.9. The molecule has 0 radical (unpaired) electrons. The second-order valence-electron chi connectivity index (χ2n) is 35.1. The topological polar surface area (TPSA) is 340 Å². The maximum atomic E-state index is 13.5. The van der Waals surface area contributed by atoms with Crippen molar-refractivity contribution >= 4 is 138 Å². The van der Waals surface area contributed by atoms with Crippen LogP contribution in [0.5, 0.6) is 46.0 Å². The Balaban J connectivity index is 0.000000220. The largest absolute Gasteiger partial charge is 0.497 e. The zero-order valence-corrected chi connectivity index (χ0v) is 84.0. The van der Waals surface area contributed by atoms with Gasteiger partial charge in [0.1, 0.15) is 80.0 Å². The van der Waals surface area contributed by atoms with Crippen molar-refractivity contribution in [2.75, 3.05) is 132 Å². The van der Waals surface area contributed by atoms with E-state index in [1.165, 1.54) is 90.2 Å². The standard InChI is InChI=1S/C37H38Cl2N6O4.C29H30Cl2N6O3.C20H28N4O.C17H12Cl2N2O4.5CH4/c1-37(2)22-44(16-17-45(37)21-23-6-9-25(47-3)10-7-23)20-24-8-13-30(42-19-24)43-36(46)27-12-11-26(34-35(27)41-15-14-40-34)31-32(38)28(48-4)18-29(49-5)33(31)39;1-29(2)16-37(12-11-35-29)15-17-5-8-22(34-14-17)36-28(38)19-7-6-18(26-27(19)33-10-9-32-26)23-24(30)20(39-3)13-21(40-4)25(23)31;1-20(2)15-23(13-17-6-9-19(21)22-12-17)10-11-24(20)14-16-4-7-18(25-3)8-5-16;1-24-10-7-11(25-2)14(19)12(13(10)18)8-3-4-9(17(22)23)16-15(8)20-5-6-21-16;;;;;/h6-15,18-19H,16-17,20-22H2,1-5H3,(H,42,43,46);5-10,13-14,35H,11-12,15-16H2,1-4H3,(H,34,36,38);4-9,12H,10-11,13-15H2,1-3H3,(H2,21,22);3-7H,1-2H3,(H,22,23);5*1H4. The van der Waals surface area contributed by atoms with E-state index in [1.807, 2.05) is 67.0 Å². The van der Waals surface area contributed by atoms with Gasteiger partial charge in [-0.15, -0.1) is 0 Å². The van der Waals surface area contributed by atoms with Gasteiger partial charge in [-0.25, -0.2) is 19.7 Å². The smallest absolute Gasteiger partial charge is 0.337 e. The number of fused-ring (bicyclic) bond motifs is 3. The Labute approximate surface area is 873 Å². The molecule has 0 atom stereocenters. The molecule has 9 heterocycles. The van der Waals surface area contributed by atoms with Gasteiger partial charge < -0.3 is 64.7 Å². The van der Waals surface area contributed by atoms with Gasteiger partial charge in [0, 0.05) is 216 Å². The fraction of sp³-hybridized carbons (Fsp3) is 0.333. The lowest BCUT2D eigenvalue weighted by atomic mass is 9.97. The summed E-state index contributed by atoms with van der Waals surface area (Å²) in [5.74, 6) is 3.72. The molecule has 2 amide bonds. The summed E-state index contributed by atoms with van der Waals surface area (Å²) in [7, 11) is 12.4. The summed E-state index contributed by atoms with van der Waals surface area (Å²) in [5, 5.41) is 20.4. The number of carbonyl (C=O) groups is 3. The number of halogens is 6. The van der Waals surface area contributed by atoms with Crippen LogP contribution in [0.3, 0.4) is 0 Å². The number of rotatable bonds is 26. The Hall–Kier alpha value is -12.7. The summed E-state index contributed by atoms with van der Waals surface area (Å²) in [4.78, 5) is 90.4. The number of amides is 2. The van der Waals surface area contributed by atoms with Gasteiger partial charge in [0.25, 0.3) is 11.8 Å². The van der Waals surface area contributed by atoms with Crippen molar-refractivity contribution in [2.45, 2.75) is 128 Å². The zero-order chi connectivity index (χ0) is 99.1. The van der Waals surface area contributed by atoms with E-state index in [0.29, 0.717) is 144 Å². The number of hydrogen-bond donors (Lipinski definition) is 5. The summed E-state index contributed by atoms with van der Waals surface area (Å²) < 4.78 is 42.8. The van der Waals surface area contributed by atoms with E-state index in [9.17, 15) is 19.5 Å². The molecule has 764 valence electrons. The average Bonchev–Trinajstić information content (AvgIpc) is 0.761. The highest BCUT2D eigenvalue weighted by molar-refractivity contribution is 6.43. The number of benzene rings is 8. The molecular formula is C108H128Cl6N18O12. The van der Waals surface area contributed by atoms with Gasteiger partial charge >= 0.3 is 5.97 Å². The van der Waals surface area contributed by atoms with Crippen LogP contribution in [0.4, 0.5) is 17.5 Å². The van der Waals surface area contributed by atoms with E-state index in [1.54, 1.807) is 81.3 Å². The molecule has 14 aromatic rings. The molecule has 0 spiro atoms. The van der Waals surface area contributed by atoms with E-state index < -0.39 is 5.97 Å². The van der Waals surface area contributed by atoms with Crippen LogP contribution in [-0.4, -0.2) is 225 Å². The molecule has 0 saturated carbocycles. The first-order valence-electron chi connectivity index (χ1n) is 44.4. The van der Waals surface area contributed by atoms with Gasteiger partial charge in [-0.05, 0) is 130 Å². The summed E-state index contributed by atoms with van der Waals surface area (Å²) in [6.45, 7) is 26.8. The maximum Gasteiger partial charge on any atom is 0.337 e. The Morgan fingerprint density at radius 3 is 0.938 bits per heavy atom. The van der Waals surface area contributed by atoms with Crippen molar-refractivity contribution in [3.05, 3.63) is 270 Å². The van der Waals surface area contributed by atoms with Crippen LogP contribution in [-0.2, 0) is 32.7 Å². The predicted molar refractivity (Wildman–Crippen MR) is 581 cm³/mol. The van der Waals surface area contributed by atoms with Crippen molar-refractivity contribution in [1.82, 2.24) is 74.7 Å². The van der Waals surface area contributed by atoms with Crippen molar-refractivity contribution < 1.29 is 57.4 Å². The van der Waals surface area contributed by atoms with Gasteiger partial charge in [0.2, 0.25) is 0 Å². The molecule has 0 aliphatic carbocycles. The molecule has 17 rings (SSSR count). The number of nitrogens with one attached hydrogen (secondary N) is 3. The molecule has 3 saturated heterocycles. The number of aromatic nitrogens is 9. The SMILES string of the molecule is C.C.C.C.C.COc1cc(OC)c(Cl)c(-c2ccc(C(=O)Nc3ccc(CN4CCNC(C)(C)C4)cn3)c3nccnc23)c1Cl.COc1cc(OC)c(Cl)c(-c2ccc(C(=O)O)c3nccnc23)c1Cl.COc1ccc(CN2CCN(Cc3ccc(N)nc3)CC2(C)C)cc1.COc1ccc(CN2CCN(Cc3ccc(NC(=O)c4ccc(-c5c(Cl)c(OC)cc(OC)c5Cl)c5nccnc45)nc3)CC2(C)C)cc1. The lowest BCUT2D eigenvalue weighted by molar-refractivity contribution is 0.0102. The van der Waals surface area contributed by atoms with Crippen LogP contribution < -0.4 is 59.6 Å². The monoisotopic (exact) mass is 2080 g/mol. The summed E-state index contributed by atoms with van der Waals surface area (Å²) in [6, 6.07) is 42.9. The number of carbonyl (C=O) groups excluding carboxylic acids is 2. The molecule has 3 aliphatic rings. The average molecular weight is 2080 g/mol. The normalized spacial score (nSPS) is 14.3. The third-order valence-corrected chi connectivity index (χ3v) is 26.6. The van der Waals surface area contributed by atoms with E-state index >= 15 is 0 Å². The van der Waals surface area contributed by atoms with Gasteiger partial charge in [0.15, 0.2) is 0 Å². The highest BCUT2D eigenvalue weighted by atomic mass is 35.5. The first kappa shape index (κ1) is 115. The molecule has 30 nitrogen and oxygen atoms in total. The van der Waals surface area contributed by atoms with E-state index in [2.05, 4.69) is 157 Å². The summed E-state index contributed by atoms with van der Waals surface area (Å²) >= 11 is 39.7. The highest BCUT2D eigenvalue weighted by Crippen LogP contribution is 2.51. The molecule has 3 aliphatic heterocycles. The number of piperazine rings is 3. The lowest BCUT2D eigenvalue weighted by Gasteiger charge is -2.47. The van der Waals surface area contributed by atoms with Crippen LogP contribution in [0.1, 0.15) is 138 Å². The summed E-state index contributed by atoms with van der Waals surface area (Å²) in [5.41, 5.74) is 17.9. The number of nitrogens with zero attached hydrogens (tertiary/aromatic N) is 14. The molecular weight excluding hydrogens is 1950 g/mol. The number of hydrogen-bond acceptors (Lipinski definition) is 27. The minimum Gasteiger partial charge on any atom is -0.497 e. The van der Waals surface area contributed by atoms with Gasteiger partial charge in [0.05, 0.1) is 120 Å². The van der Waals surface area contributed by atoms with Crippen LogP contribution in [0.15, 0.2) is 195 Å². The third-order valence-electron chi connectivity index (χ3n) is 24.3. The molecule has 0 bridgehead atoms. The number of aromatic carboxylic acids is 1. The van der Waals surface area contributed by atoms with Crippen molar-refractivity contribution in [3.63, 3.8) is 0 Å². The number of anilines is 3. The molecule has 3 fully saturated rings. The number of carboxylic acid groups (broad SMARTS) is 1. The maximum absolute atomic E-state index is 13.5. The number of nitrogens with two attached hydrogens (primary N) is 1. The second-order valence-corrected chi connectivity index (χ2v) is 37.4. The number of ether oxygens (including phenoxy) is 8. The quantitative estimate of drug-likeness (QED) is 0.0336. The summed E-state index contributed by atoms with van der Waals surface area (Å²) in [6.07, 6.45) is 14.5. The van der Waals surface area contributed by atoms with Crippen LogP contribution in [0.25, 0.3) is 66.5 Å². The zero-order valence-electron chi connectivity index (χ0n) is 79.4. The molecule has 8 aromatic carbocycles. The van der Waals surface area contributed by atoms with Crippen LogP contribution in [0.2, 0.25) is 30.1 Å². The van der Waals surface area contributed by atoms with Crippen molar-refractivity contribution in [1.29, 1.82) is 0 Å². The minimum atomic E-state index is -1.10. The molecule has 36 heteroatoms. The molecule has 6 aromatic heterocycles. The first-order valence-corrected chi connectivity index (χ1v) is 46.7. The Bertz CT molecular complexity index is 6680. The minimum absolute atomic E-state index is 0. The van der Waals surface area contributed by atoms with Gasteiger partial charge in [-0.3, -0.25) is 64.0 Å². The van der Waals surface area contributed by atoms with E-state index in [0.717, 1.165) is 114 Å².